The standard InChI is InChI=1S/C25H16B2O3S2/c1-3-7-22-18(5-1)20-13-16(9-11-24(20)31-22)26-28-15-29-27(30-26)17-10-12-25-21(14-17)19-6-2-4-8-23(19)32-25/h1-14H,15H2. The van der Waals surface area contributed by atoms with E-state index in [4.69, 9.17) is 13.9 Å². The van der Waals surface area contributed by atoms with Gasteiger partial charge in [0.15, 0.2) is 0 Å². The summed E-state index contributed by atoms with van der Waals surface area (Å²) in [6, 6.07) is 29.9. The van der Waals surface area contributed by atoms with Gasteiger partial charge in [-0.3, -0.25) is 0 Å². The number of fused-ring (bicyclic) bond motifs is 6. The second-order valence-corrected chi connectivity index (χ2v) is 10.1. The van der Waals surface area contributed by atoms with Crippen molar-refractivity contribution in [1.82, 2.24) is 0 Å². The summed E-state index contributed by atoms with van der Waals surface area (Å²) in [4.78, 5) is 0. The summed E-state index contributed by atoms with van der Waals surface area (Å²) in [5, 5.41) is 5.02. The molecule has 0 bridgehead atoms. The van der Waals surface area contributed by atoms with E-state index in [1.807, 2.05) is 22.7 Å². The second-order valence-electron chi connectivity index (χ2n) is 7.96. The quantitative estimate of drug-likeness (QED) is 0.325. The highest BCUT2D eigenvalue weighted by atomic mass is 32.1. The van der Waals surface area contributed by atoms with E-state index in [0.29, 0.717) is 0 Å². The van der Waals surface area contributed by atoms with Crippen LogP contribution in [0.5, 0.6) is 0 Å². The Morgan fingerprint density at radius 1 is 0.531 bits per heavy atom. The van der Waals surface area contributed by atoms with Gasteiger partial charge in [-0.05, 0) is 46.0 Å². The maximum atomic E-state index is 6.30. The lowest BCUT2D eigenvalue weighted by Crippen LogP contribution is -2.52. The SMILES string of the molecule is c1ccc2c(c1)sc1ccc(B3OCOB(c4ccc5sc6ccccc6c5c4)O3)cc12. The Labute approximate surface area is 193 Å². The average molecular weight is 450 g/mol. The highest BCUT2D eigenvalue weighted by molar-refractivity contribution is 7.26. The number of hydrogen-bond donors (Lipinski definition) is 0. The van der Waals surface area contributed by atoms with Crippen molar-refractivity contribution in [3.05, 3.63) is 84.9 Å². The molecule has 1 saturated heterocycles. The first-order valence-corrected chi connectivity index (χ1v) is 12.2. The molecule has 0 amide bonds. The summed E-state index contributed by atoms with van der Waals surface area (Å²) in [6.07, 6.45) is 0. The van der Waals surface area contributed by atoms with Crippen LogP contribution in [-0.2, 0) is 13.9 Å². The van der Waals surface area contributed by atoms with Crippen molar-refractivity contribution in [2.24, 2.45) is 0 Å². The third-order valence-corrected chi connectivity index (χ3v) is 8.34. The molecule has 0 atom stereocenters. The van der Waals surface area contributed by atoms with Crippen molar-refractivity contribution in [2.75, 3.05) is 6.79 Å². The highest BCUT2D eigenvalue weighted by Crippen LogP contribution is 2.34. The maximum Gasteiger partial charge on any atom is 0.482 e. The van der Waals surface area contributed by atoms with E-state index in [1.54, 1.807) is 0 Å². The minimum atomic E-state index is -0.466. The van der Waals surface area contributed by atoms with Gasteiger partial charge >= 0.3 is 14.2 Å². The molecule has 4 aromatic carbocycles. The molecule has 152 valence electrons. The Balaban J connectivity index is 1.25. The van der Waals surface area contributed by atoms with Gasteiger partial charge in [0.1, 0.15) is 6.79 Å². The third-order valence-electron chi connectivity index (χ3n) is 6.03. The van der Waals surface area contributed by atoms with Crippen LogP contribution in [0.3, 0.4) is 0 Å². The summed E-state index contributed by atoms with van der Waals surface area (Å²) >= 11 is 3.62. The van der Waals surface area contributed by atoms with Gasteiger partial charge in [0.2, 0.25) is 0 Å². The fourth-order valence-electron chi connectivity index (χ4n) is 4.48. The molecule has 1 aliphatic heterocycles. The average Bonchev–Trinajstić information content (AvgIpc) is 3.41. The molecule has 3 heterocycles. The summed E-state index contributed by atoms with van der Waals surface area (Å²) in [6.45, 7) is 0.195. The van der Waals surface area contributed by atoms with E-state index in [0.717, 1.165) is 10.9 Å². The predicted octanol–water partition coefficient (Wildman–Crippen LogP) is 5.53. The van der Waals surface area contributed by atoms with E-state index >= 15 is 0 Å². The molecule has 0 unspecified atom stereocenters. The largest absolute Gasteiger partial charge is 0.482 e. The number of benzene rings is 4. The molecular weight excluding hydrogens is 434 g/mol. The zero-order valence-corrected chi connectivity index (χ0v) is 18.6. The molecule has 1 aliphatic rings. The fourth-order valence-corrected chi connectivity index (χ4v) is 6.66. The predicted molar refractivity (Wildman–Crippen MR) is 138 cm³/mol. The molecule has 7 rings (SSSR count). The van der Waals surface area contributed by atoms with Gasteiger partial charge < -0.3 is 13.9 Å². The zero-order chi connectivity index (χ0) is 21.1. The smallest absolute Gasteiger partial charge is 0.443 e. The first kappa shape index (κ1) is 18.9. The van der Waals surface area contributed by atoms with Crippen LogP contribution >= 0.6 is 22.7 Å². The van der Waals surface area contributed by atoms with Gasteiger partial charge in [0.25, 0.3) is 0 Å². The fraction of sp³-hybridized carbons (Fsp3) is 0.0400. The third kappa shape index (κ3) is 3.01. The molecule has 1 fully saturated rings. The van der Waals surface area contributed by atoms with Crippen LogP contribution in [0.2, 0.25) is 0 Å². The topological polar surface area (TPSA) is 27.7 Å². The maximum absolute atomic E-state index is 6.30. The van der Waals surface area contributed by atoms with Crippen molar-refractivity contribution in [2.45, 2.75) is 0 Å². The molecule has 7 heteroatoms. The summed E-state index contributed by atoms with van der Waals surface area (Å²) in [5.74, 6) is 0. The Morgan fingerprint density at radius 2 is 1.00 bits per heavy atom. The van der Waals surface area contributed by atoms with Crippen molar-refractivity contribution < 1.29 is 13.9 Å². The van der Waals surface area contributed by atoms with Gasteiger partial charge in [-0.1, -0.05) is 60.7 Å². The van der Waals surface area contributed by atoms with E-state index < -0.39 is 14.2 Å². The lowest BCUT2D eigenvalue weighted by atomic mass is 9.69. The highest BCUT2D eigenvalue weighted by Gasteiger charge is 2.36. The number of hydrogen-bond acceptors (Lipinski definition) is 5. The van der Waals surface area contributed by atoms with E-state index in [9.17, 15) is 0 Å². The molecule has 0 aliphatic carbocycles. The Bertz CT molecular complexity index is 1500. The van der Waals surface area contributed by atoms with Crippen LogP contribution < -0.4 is 10.9 Å². The summed E-state index contributed by atoms with van der Waals surface area (Å²) in [7, 11) is -0.932. The van der Waals surface area contributed by atoms with Gasteiger partial charge in [-0.15, -0.1) is 22.7 Å². The van der Waals surface area contributed by atoms with Crippen molar-refractivity contribution in [1.29, 1.82) is 0 Å². The number of thiophene rings is 2. The zero-order valence-electron chi connectivity index (χ0n) is 17.0. The molecule has 3 nitrogen and oxygen atoms in total. The lowest BCUT2D eigenvalue weighted by Gasteiger charge is -2.26. The molecule has 32 heavy (non-hydrogen) atoms. The van der Waals surface area contributed by atoms with Crippen LogP contribution in [0.25, 0.3) is 40.3 Å². The summed E-state index contributed by atoms with van der Waals surface area (Å²) in [5.41, 5.74) is 2.02. The van der Waals surface area contributed by atoms with E-state index in [1.165, 1.54) is 40.3 Å². The van der Waals surface area contributed by atoms with Gasteiger partial charge in [-0.2, -0.15) is 0 Å². The molecule has 0 spiro atoms. The monoisotopic (exact) mass is 450 g/mol. The molecule has 0 radical (unpaired) electrons. The Morgan fingerprint density at radius 3 is 1.53 bits per heavy atom. The van der Waals surface area contributed by atoms with Crippen LogP contribution in [0.15, 0.2) is 84.9 Å². The minimum Gasteiger partial charge on any atom is -0.443 e. The molecule has 0 N–H and O–H groups in total. The first-order chi connectivity index (χ1) is 15.8. The van der Waals surface area contributed by atoms with Crippen LogP contribution in [0.1, 0.15) is 0 Å². The van der Waals surface area contributed by atoms with Crippen molar-refractivity contribution in [3.63, 3.8) is 0 Å². The van der Waals surface area contributed by atoms with Crippen molar-refractivity contribution >= 4 is 88.2 Å². The Kier molecular flexibility index (Phi) is 4.38. The normalized spacial score (nSPS) is 14.9. The van der Waals surface area contributed by atoms with Gasteiger partial charge in [0, 0.05) is 29.6 Å². The molecule has 2 aromatic heterocycles. The lowest BCUT2D eigenvalue weighted by molar-refractivity contribution is 0.0569. The van der Waals surface area contributed by atoms with Crippen LogP contribution in [-0.4, -0.2) is 21.0 Å². The summed E-state index contributed by atoms with van der Waals surface area (Å²) < 4.78 is 23.1. The number of rotatable bonds is 2. The molecule has 6 aromatic rings. The first-order valence-electron chi connectivity index (χ1n) is 10.5. The van der Waals surface area contributed by atoms with E-state index in [-0.39, 0.29) is 6.79 Å². The Hall–Kier alpha value is -2.67. The van der Waals surface area contributed by atoms with E-state index in [2.05, 4.69) is 84.9 Å². The van der Waals surface area contributed by atoms with Crippen LogP contribution in [0, 0.1) is 0 Å². The van der Waals surface area contributed by atoms with Crippen LogP contribution in [0.4, 0.5) is 0 Å². The minimum absolute atomic E-state index is 0.195. The molecule has 0 saturated carbocycles. The second kappa shape index (κ2) is 7.44. The van der Waals surface area contributed by atoms with Gasteiger partial charge in [-0.25, -0.2) is 0 Å². The van der Waals surface area contributed by atoms with Crippen molar-refractivity contribution in [3.8, 4) is 0 Å². The molecular formula is C25H16B2O3S2. The van der Waals surface area contributed by atoms with Gasteiger partial charge in [0.05, 0.1) is 0 Å².